The van der Waals surface area contributed by atoms with Crippen LogP contribution >= 0.6 is 0 Å². The highest BCUT2D eigenvalue weighted by Crippen LogP contribution is 2.18. The first-order chi connectivity index (χ1) is 7.18. The molecule has 1 atom stereocenters. The summed E-state index contributed by atoms with van der Waals surface area (Å²) in [6.07, 6.45) is 2.16. The van der Waals surface area contributed by atoms with Crippen molar-refractivity contribution in [1.82, 2.24) is 4.98 Å². The van der Waals surface area contributed by atoms with Crippen molar-refractivity contribution in [3.63, 3.8) is 0 Å². The highest BCUT2D eigenvalue weighted by molar-refractivity contribution is 5.84. The Morgan fingerprint density at radius 2 is 2.12 bits per heavy atom. The molecule has 1 aromatic heterocycles. The predicted octanol–water partition coefficient (Wildman–Crippen LogP) is 0.298. The molecule has 0 unspecified atom stereocenters. The lowest BCUT2D eigenvalue weighted by molar-refractivity contribution is -0.138. The van der Waals surface area contributed by atoms with Gasteiger partial charge in [0, 0.05) is 23.5 Å². The normalized spacial score (nSPS) is 12.1. The average Bonchev–Trinajstić information content (AvgIpc) is 2.62. The van der Waals surface area contributed by atoms with Gasteiger partial charge in [-0.15, -0.1) is 0 Å². The van der Waals surface area contributed by atoms with Gasteiger partial charge in [-0.2, -0.15) is 0 Å². The molecule has 1 heterocycles. The van der Waals surface area contributed by atoms with E-state index in [1.165, 1.54) is 0 Å². The van der Waals surface area contributed by atoms with E-state index >= 15 is 0 Å². The van der Waals surface area contributed by atoms with Crippen LogP contribution < -0.4 is 5.73 Å². The van der Waals surface area contributed by atoms with Crippen molar-refractivity contribution in [2.45, 2.75) is 12.5 Å². The summed E-state index contributed by atoms with van der Waals surface area (Å²) in [5.41, 5.74) is 7.43. The lowest BCUT2D eigenvalue weighted by atomic mass is 10.1. The lowest BCUT2D eigenvalue weighted by Crippen LogP contribution is -2.32. The number of carboxylic acids is 1. The maximum Gasteiger partial charge on any atom is 0.320 e. The fourth-order valence-electron chi connectivity index (χ4n) is 1.62. The van der Waals surface area contributed by atoms with Crippen LogP contribution in [0.3, 0.4) is 0 Å². The summed E-state index contributed by atoms with van der Waals surface area (Å²) in [4.78, 5) is 13.7. The Balaban J connectivity index is 0.00000128. The molecule has 16 heavy (non-hydrogen) atoms. The number of para-hydroxylation sites is 1. The summed E-state index contributed by atoms with van der Waals surface area (Å²) in [7, 11) is 0. The van der Waals surface area contributed by atoms with Gasteiger partial charge < -0.3 is 21.3 Å². The molecule has 2 aromatic rings. The number of carboxylic acid groups (broad SMARTS) is 1. The van der Waals surface area contributed by atoms with Crippen molar-refractivity contribution in [2.75, 3.05) is 0 Å². The van der Waals surface area contributed by atoms with E-state index in [2.05, 4.69) is 4.98 Å². The maximum atomic E-state index is 10.6. The van der Waals surface area contributed by atoms with E-state index in [0.29, 0.717) is 6.42 Å². The lowest BCUT2D eigenvalue weighted by Gasteiger charge is -2.04. The van der Waals surface area contributed by atoms with Crippen LogP contribution in [-0.2, 0) is 11.2 Å². The van der Waals surface area contributed by atoms with Crippen LogP contribution in [0.2, 0.25) is 0 Å². The quantitative estimate of drug-likeness (QED) is 0.694. The number of rotatable bonds is 3. The smallest absolute Gasteiger partial charge is 0.320 e. The van der Waals surface area contributed by atoms with E-state index in [0.717, 1.165) is 16.5 Å². The molecule has 0 saturated carbocycles. The molecule has 0 aliphatic carbocycles. The topological polar surface area (TPSA) is 111 Å². The van der Waals surface area contributed by atoms with Crippen LogP contribution in [0.15, 0.2) is 30.5 Å². The minimum absolute atomic E-state index is 0. The second-order valence-corrected chi connectivity index (χ2v) is 3.51. The summed E-state index contributed by atoms with van der Waals surface area (Å²) in [6.45, 7) is 0. The van der Waals surface area contributed by atoms with Crippen molar-refractivity contribution in [2.24, 2.45) is 5.73 Å². The van der Waals surface area contributed by atoms with Gasteiger partial charge in [-0.25, -0.2) is 0 Å². The number of fused-ring (bicyclic) bond motifs is 1. The SMILES string of the molecule is N[C@H](Cc1c[nH]c2ccccc12)C(=O)O.O. The van der Waals surface area contributed by atoms with E-state index in [1.54, 1.807) is 0 Å². The number of benzene rings is 1. The number of carbonyl (C=O) groups is 1. The minimum atomic E-state index is -0.972. The fourth-order valence-corrected chi connectivity index (χ4v) is 1.62. The van der Waals surface area contributed by atoms with Gasteiger partial charge in [-0.05, 0) is 11.6 Å². The highest BCUT2D eigenvalue weighted by atomic mass is 16.4. The Hall–Kier alpha value is -1.85. The largest absolute Gasteiger partial charge is 0.480 e. The Bertz CT molecular complexity index is 493. The molecule has 0 spiro atoms. The molecule has 2 rings (SSSR count). The molecular weight excluding hydrogens is 208 g/mol. The van der Waals surface area contributed by atoms with Crippen molar-refractivity contribution in [3.05, 3.63) is 36.0 Å². The van der Waals surface area contributed by atoms with Gasteiger partial charge in [0.15, 0.2) is 0 Å². The first-order valence-corrected chi connectivity index (χ1v) is 4.72. The van der Waals surface area contributed by atoms with E-state index in [9.17, 15) is 4.79 Å². The Kier molecular flexibility index (Phi) is 3.65. The predicted molar refractivity (Wildman–Crippen MR) is 61.2 cm³/mol. The maximum absolute atomic E-state index is 10.6. The third kappa shape index (κ3) is 2.21. The van der Waals surface area contributed by atoms with Crippen LogP contribution in [0, 0.1) is 0 Å². The number of nitrogens with two attached hydrogens (primary N) is 1. The molecule has 0 amide bonds. The van der Waals surface area contributed by atoms with E-state index in [1.807, 2.05) is 30.5 Å². The Morgan fingerprint density at radius 1 is 1.44 bits per heavy atom. The standard InChI is InChI=1S/C11H12N2O2.H2O/c12-9(11(14)15)5-7-6-13-10-4-2-1-3-8(7)10;/h1-4,6,9,13H,5,12H2,(H,14,15);1H2/t9-;/m1./s1. The number of hydrogen-bond acceptors (Lipinski definition) is 2. The van der Waals surface area contributed by atoms with E-state index in [-0.39, 0.29) is 5.48 Å². The molecule has 0 fully saturated rings. The van der Waals surface area contributed by atoms with Gasteiger partial charge in [-0.1, -0.05) is 18.2 Å². The number of aliphatic carboxylic acids is 1. The van der Waals surface area contributed by atoms with E-state index in [4.69, 9.17) is 10.8 Å². The molecule has 6 N–H and O–H groups in total. The molecule has 86 valence electrons. The number of hydrogen-bond donors (Lipinski definition) is 3. The summed E-state index contributed by atoms with van der Waals surface area (Å²) < 4.78 is 0. The zero-order chi connectivity index (χ0) is 10.8. The molecule has 0 radical (unpaired) electrons. The van der Waals surface area contributed by atoms with Gasteiger partial charge >= 0.3 is 5.97 Å². The van der Waals surface area contributed by atoms with Gasteiger partial charge in [0.1, 0.15) is 6.04 Å². The monoisotopic (exact) mass is 222 g/mol. The third-order valence-electron chi connectivity index (χ3n) is 2.43. The first kappa shape index (κ1) is 12.2. The van der Waals surface area contributed by atoms with Crippen molar-refractivity contribution < 1.29 is 15.4 Å². The number of nitrogens with one attached hydrogen (secondary N) is 1. The zero-order valence-electron chi connectivity index (χ0n) is 8.60. The minimum Gasteiger partial charge on any atom is -0.480 e. The van der Waals surface area contributed by atoms with Gasteiger partial charge in [0.25, 0.3) is 0 Å². The molecule has 0 saturated heterocycles. The van der Waals surface area contributed by atoms with Crippen molar-refractivity contribution in [1.29, 1.82) is 0 Å². The number of H-pyrrole nitrogens is 1. The summed E-state index contributed by atoms with van der Waals surface area (Å²) in [5.74, 6) is -0.972. The molecule has 1 aromatic carbocycles. The first-order valence-electron chi connectivity index (χ1n) is 4.72. The summed E-state index contributed by atoms with van der Waals surface area (Å²) in [6, 6.07) is 6.91. The van der Waals surface area contributed by atoms with Crippen LogP contribution in [0.1, 0.15) is 5.56 Å². The molecule has 5 heteroatoms. The molecule has 0 aliphatic heterocycles. The van der Waals surface area contributed by atoms with Crippen LogP contribution in [0.4, 0.5) is 0 Å². The highest BCUT2D eigenvalue weighted by Gasteiger charge is 2.14. The van der Waals surface area contributed by atoms with Gasteiger partial charge in [0.2, 0.25) is 0 Å². The Labute approximate surface area is 92.2 Å². The van der Waals surface area contributed by atoms with Gasteiger partial charge in [0.05, 0.1) is 0 Å². The number of aromatic nitrogens is 1. The Morgan fingerprint density at radius 3 is 2.81 bits per heavy atom. The third-order valence-corrected chi connectivity index (χ3v) is 2.43. The van der Waals surface area contributed by atoms with Crippen LogP contribution in [-0.4, -0.2) is 27.6 Å². The van der Waals surface area contributed by atoms with Gasteiger partial charge in [-0.3, -0.25) is 4.79 Å². The van der Waals surface area contributed by atoms with Crippen molar-refractivity contribution >= 4 is 16.9 Å². The number of aromatic amines is 1. The molecule has 5 nitrogen and oxygen atoms in total. The summed E-state index contributed by atoms with van der Waals surface area (Å²) >= 11 is 0. The van der Waals surface area contributed by atoms with Crippen LogP contribution in [0.25, 0.3) is 10.9 Å². The zero-order valence-corrected chi connectivity index (χ0v) is 8.60. The second kappa shape index (κ2) is 4.78. The van der Waals surface area contributed by atoms with Crippen LogP contribution in [0.5, 0.6) is 0 Å². The molecule has 0 bridgehead atoms. The molecule has 0 aliphatic rings. The fraction of sp³-hybridized carbons (Fsp3) is 0.182. The summed E-state index contributed by atoms with van der Waals surface area (Å²) in [5, 5.41) is 9.75. The van der Waals surface area contributed by atoms with E-state index < -0.39 is 12.0 Å². The second-order valence-electron chi connectivity index (χ2n) is 3.51. The molecular formula is C11H14N2O3. The van der Waals surface area contributed by atoms with Crippen molar-refractivity contribution in [3.8, 4) is 0 Å². The average molecular weight is 222 g/mol.